The Morgan fingerprint density at radius 2 is 1.81 bits per heavy atom. The first kappa shape index (κ1) is 17.3. The number of carbonyl (C=O) groups excluding carboxylic acids is 1. The Balaban J connectivity index is 2.57. The van der Waals surface area contributed by atoms with Crippen LogP contribution in [0.4, 0.5) is 0 Å². The van der Waals surface area contributed by atoms with Gasteiger partial charge in [-0.1, -0.05) is 33.1 Å². The van der Waals surface area contributed by atoms with Crippen LogP contribution in [0.3, 0.4) is 0 Å². The summed E-state index contributed by atoms with van der Waals surface area (Å²) >= 11 is 0. The van der Waals surface area contributed by atoms with Crippen LogP contribution in [0.5, 0.6) is 11.5 Å². The van der Waals surface area contributed by atoms with E-state index in [1.54, 1.807) is 6.92 Å². The molecule has 0 aromatic heterocycles. The molecule has 0 radical (unpaired) electrons. The molecule has 0 saturated carbocycles. The lowest BCUT2D eigenvalue weighted by Crippen LogP contribution is -2.18. The van der Waals surface area contributed by atoms with Gasteiger partial charge in [0.05, 0.1) is 12.5 Å². The van der Waals surface area contributed by atoms with Crippen molar-refractivity contribution in [3.05, 3.63) is 23.8 Å². The molecule has 0 aliphatic heterocycles. The van der Waals surface area contributed by atoms with Crippen molar-refractivity contribution in [3.63, 3.8) is 0 Å². The fraction of sp³-hybridized carbons (Fsp3) is 0.588. The van der Waals surface area contributed by atoms with Gasteiger partial charge in [-0.15, -0.1) is 0 Å². The SMILES string of the molecule is CCCCC(CC)COC(=O)C(C)c1cc(O)cc(O)c1. The number of benzene rings is 1. The minimum atomic E-state index is -0.508. The van der Waals surface area contributed by atoms with Crippen LogP contribution in [0.15, 0.2) is 18.2 Å². The van der Waals surface area contributed by atoms with Crippen LogP contribution in [0.2, 0.25) is 0 Å². The lowest BCUT2D eigenvalue weighted by atomic mass is 9.99. The number of carbonyl (C=O) groups is 1. The molecule has 0 bridgehead atoms. The first-order valence-electron chi connectivity index (χ1n) is 7.67. The van der Waals surface area contributed by atoms with Crippen LogP contribution >= 0.6 is 0 Å². The maximum atomic E-state index is 12.1. The molecule has 1 rings (SSSR count). The molecule has 2 atom stereocenters. The first-order chi connectivity index (χ1) is 9.97. The van der Waals surface area contributed by atoms with Crippen LogP contribution in [0, 0.1) is 5.92 Å². The summed E-state index contributed by atoms with van der Waals surface area (Å²) in [5.41, 5.74) is 0.555. The van der Waals surface area contributed by atoms with Gasteiger partial charge < -0.3 is 14.9 Å². The molecule has 0 aliphatic rings. The van der Waals surface area contributed by atoms with Crippen LogP contribution in [0.1, 0.15) is 57.9 Å². The Kier molecular flexibility index (Phi) is 7.06. The smallest absolute Gasteiger partial charge is 0.313 e. The summed E-state index contributed by atoms with van der Waals surface area (Å²) in [6, 6.07) is 4.18. The zero-order valence-electron chi connectivity index (χ0n) is 13.1. The van der Waals surface area contributed by atoms with Crippen LogP contribution in [-0.4, -0.2) is 22.8 Å². The second-order valence-electron chi connectivity index (χ2n) is 5.55. The minimum absolute atomic E-state index is 0.0565. The molecule has 118 valence electrons. The average molecular weight is 294 g/mol. The molecule has 0 aliphatic carbocycles. The highest BCUT2D eigenvalue weighted by Crippen LogP contribution is 2.27. The summed E-state index contributed by atoms with van der Waals surface area (Å²) in [6.45, 7) is 6.40. The average Bonchev–Trinajstić information content (AvgIpc) is 2.45. The number of aromatic hydroxyl groups is 2. The molecule has 21 heavy (non-hydrogen) atoms. The van der Waals surface area contributed by atoms with Gasteiger partial charge >= 0.3 is 5.97 Å². The Morgan fingerprint density at radius 3 is 2.33 bits per heavy atom. The molecule has 1 aromatic carbocycles. The van der Waals surface area contributed by atoms with Crippen molar-refractivity contribution < 1.29 is 19.7 Å². The van der Waals surface area contributed by atoms with Gasteiger partial charge in [0.15, 0.2) is 0 Å². The Morgan fingerprint density at radius 1 is 1.19 bits per heavy atom. The monoisotopic (exact) mass is 294 g/mol. The van der Waals surface area contributed by atoms with E-state index in [-0.39, 0.29) is 17.5 Å². The van der Waals surface area contributed by atoms with E-state index >= 15 is 0 Å². The standard InChI is InChI=1S/C17H26O4/c1-4-6-7-13(5-2)11-21-17(20)12(3)14-8-15(18)10-16(19)9-14/h8-10,12-13,18-19H,4-7,11H2,1-3H3. The predicted molar refractivity (Wildman–Crippen MR) is 82.5 cm³/mol. The third-order valence-electron chi connectivity index (χ3n) is 3.78. The summed E-state index contributed by atoms with van der Waals surface area (Å²) in [5, 5.41) is 18.9. The van der Waals surface area contributed by atoms with E-state index in [1.165, 1.54) is 18.2 Å². The van der Waals surface area contributed by atoms with Crippen molar-refractivity contribution in [1.82, 2.24) is 0 Å². The number of phenols is 2. The van der Waals surface area contributed by atoms with Crippen molar-refractivity contribution in [1.29, 1.82) is 0 Å². The molecule has 4 heteroatoms. The van der Waals surface area contributed by atoms with Gasteiger partial charge in [-0.05, 0) is 37.0 Å². The van der Waals surface area contributed by atoms with Crippen molar-refractivity contribution in [2.75, 3.05) is 6.61 Å². The van der Waals surface area contributed by atoms with Gasteiger partial charge in [-0.3, -0.25) is 4.79 Å². The number of unbranched alkanes of at least 4 members (excludes halogenated alkanes) is 1. The van der Waals surface area contributed by atoms with Gasteiger partial charge in [0.1, 0.15) is 11.5 Å². The number of esters is 1. The van der Waals surface area contributed by atoms with Gasteiger partial charge in [-0.25, -0.2) is 0 Å². The van der Waals surface area contributed by atoms with E-state index in [2.05, 4.69) is 13.8 Å². The molecule has 2 unspecified atom stereocenters. The number of hydrogen-bond acceptors (Lipinski definition) is 4. The zero-order valence-corrected chi connectivity index (χ0v) is 13.1. The van der Waals surface area contributed by atoms with Gasteiger partial charge in [0.25, 0.3) is 0 Å². The number of hydrogen-bond donors (Lipinski definition) is 2. The molecule has 1 aromatic rings. The number of ether oxygens (including phenoxy) is 1. The molecule has 2 N–H and O–H groups in total. The van der Waals surface area contributed by atoms with Crippen LogP contribution in [-0.2, 0) is 9.53 Å². The van der Waals surface area contributed by atoms with Crippen LogP contribution < -0.4 is 0 Å². The number of rotatable bonds is 8. The van der Waals surface area contributed by atoms with E-state index in [9.17, 15) is 15.0 Å². The summed E-state index contributed by atoms with van der Waals surface area (Å²) in [5.74, 6) is -0.543. The van der Waals surface area contributed by atoms with Crippen molar-refractivity contribution in [2.24, 2.45) is 5.92 Å². The Bertz CT molecular complexity index is 436. The third kappa shape index (κ3) is 5.66. The quantitative estimate of drug-likeness (QED) is 0.712. The van der Waals surface area contributed by atoms with Crippen LogP contribution in [0.25, 0.3) is 0 Å². The lowest BCUT2D eigenvalue weighted by molar-refractivity contribution is -0.146. The normalized spacial score (nSPS) is 13.7. The fourth-order valence-electron chi connectivity index (χ4n) is 2.23. The highest BCUT2D eigenvalue weighted by Gasteiger charge is 2.19. The third-order valence-corrected chi connectivity index (χ3v) is 3.78. The lowest BCUT2D eigenvalue weighted by Gasteiger charge is -2.17. The van der Waals surface area contributed by atoms with Gasteiger partial charge in [0, 0.05) is 6.07 Å². The number of phenolic OH excluding ortho intramolecular Hbond substituents is 2. The molecule has 0 saturated heterocycles. The highest BCUT2D eigenvalue weighted by atomic mass is 16.5. The molecule has 0 spiro atoms. The van der Waals surface area contributed by atoms with Crippen molar-refractivity contribution in [2.45, 2.75) is 52.4 Å². The van der Waals surface area contributed by atoms with E-state index in [1.807, 2.05) is 0 Å². The highest BCUT2D eigenvalue weighted by molar-refractivity contribution is 5.78. The second-order valence-corrected chi connectivity index (χ2v) is 5.55. The molecule has 4 nitrogen and oxygen atoms in total. The van der Waals surface area contributed by atoms with E-state index in [0.717, 1.165) is 25.7 Å². The molecule has 0 fully saturated rings. The topological polar surface area (TPSA) is 66.8 Å². The molecular weight excluding hydrogens is 268 g/mol. The van der Waals surface area contributed by atoms with Crippen molar-refractivity contribution in [3.8, 4) is 11.5 Å². The summed E-state index contributed by atoms with van der Waals surface area (Å²) in [6.07, 6.45) is 4.35. The minimum Gasteiger partial charge on any atom is -0.508 e. The van der Waals surface area contributed by atoms with Gasteiger partial charge in [0.2, 0.25) is 0 Å². The maximum Gasteiger partial charge on any atom is 0.313 e. The predicted octanol–water partition coefficient (Wildman–Crippen LogP) is 3.96. The molecule has 0 amide bonds. The Hall–Kier alpha value is -1.71. The van der Waals surface area contributed by atoms with E-state index in [4.69, 9.17) is 4.74 Å². The largest absolute Gasteiger partial charge is 0.508 e. The van der Waals surface area contributed by atoms with Gasteiger partial charge in [-0.2, -0.15) is 0 Å². The molecule has 0 heterocycles. The maximum absolute atomic E-state index is 12.1. The van der Waals surface area contributed by atoms with E-state index < -0.39 is 5.92 Å². The zero-order chi connectivity index (χ0) is 15.8. The summed E-state index contributed by atoms with van der Waals surface area (Å²) < 4.78 is 5.39. The second kappa shape index (κ2) is 8.55. The van der Waals surface area contributed by atoms with Crippen molar-refractivity contribution >= 4 is 5.97 Å². The molecular formula is C17H26O4. The Labute approximate surface area is 126 Å². The fourth-order valence-corrected chi connectivity index (χ4v) is 2.23. The summed E-state index contributed by atoms with van der Waals surface area (Å²) in [7, 11) is 0. The van der Waals surface area contributed by atoms with E-state index in [0.29, 0.717) is 18.1 Å². The first-order valence-corrected chi connectivity index (χ1v) is 7.67. The summed E-state index contributed by atoms with van der Waals surface area (Å²) in [4.78, 5) is 12.1.